The number of fused-ring (bicyclic) bond motifs is 1. The van der Waals surface area contributed by atoms with E-state index in [2.05, 4.69) is 10.6 Å². The molecule has 3 aromatic rings. The van der Waals surface area contributed by atoms with Crippen molar-refractivity contribution in [2.24, 2.45) is 5.92 Å². The standard InChI is InChI=1S/C35H44N2O7/c1-35(2,3)44-34(42)36-29(20-23-9-5-4-6-10-23)30(39)22-26(19-24-13-15-27(16-14-24)43-18-17-38)33(41)37-32-28-12-8-7-11-25(28)21-31(32)40/h4-16,26,29-32,38-40H,17-22H2,1-3H3,(H,36,42)(H,37,41)/t26-,29+,30+,31-,32+/m1/s1. The van der Waals surface area contributed by atoms with Gasteiger partial charge >= 0.3 is 6.09 Å². The summed E-state index contributed by atoms with van der Waals surface area (Å²) >= 11 is 0. The number of benzene rings is 3. The molecule has 4 rings (SSSR count). The summed E-state index contributed by atoms with van der Waals surface area (Å²) < 4.78 is 11.0. The predicted octanol–water partition coefficient (Wildman–Crippen LogP) is 3.88. The van der Waals surface area contributed by atoms with Gasteiger partial charge in [-0.2, -0.15) is 0 Å². The average Bonchev–Trinajstić information content (AvgIpc) is 3.30. The van der Waals surface area contributed by atoms with Gasteiger partial charge in [-0.1, -0.05) is 66.7 Å². The highest BCUT2D eigenvalue weighted by Gasteiger charge is 2.35. The lowest BCUT2D eigenvalue weighted by Crippen LogP contribution is -2.48. The summed E-state index contributed by atoms with van der Waals surface area (Å²) in [4.78, 5) is 26.7. The Morgan fingerprint density at radius 1 is 0.932 bits per heavy atom. The maximum atomic E-state index is 13.9. The van der Waals surface area contributed by atoms with Crippen molar-refractivity contribution in [3.05, 3.63) is 101 Å². The van der Waals surface area contributed by atoms with E-state index >= 15 is 0 Å². The van der Waals surface area contributed by atoms with Gasteiger partial charge in [0, 0.05) is 12.3 Å². The molecule has 3 aromatic carbocycles. The number of carbonyl (C=O) groups is 2. The minimum atomic E-state index is -1.09. The first-order chi connectivity index (χ1) is 21.0. The van der Waals surface area contributed by atoms with Crippen LogP contribution in [0.2, 0.25) is 0 Å². The summed E-state index contributed by atoms with van der Waals surface area (Å²) in [6.45, 7) is 5.39. The summed E-state index contributed by atoms with van der Waals surface area (Å²) in [5, 5.41) is 37.3. The molecule has 5 atom stereocenters. The Balaban J connectivity index is 1.56. The van der Waals surface area contributed by atoms with Crippen molar-refractivity contribution in [2.45, 2.75) is 76.3 Å². The van der Waals surface area contributed by atoms with Gasteiger partial charge in [-0.25, -0.2) is 4.79 Å². The van der Waals surface area contributed by atoms with Crippen molar-refractivity contribution < 1.29 is 34.4 Å². The van der Waals surface area contributed by atoms with Gasteiger partial charge in [0.2, 0.25) is 5.91 Å². The Kier molecular flexibility index (Phi) is 11.4. The zero-order chi connectivity index (χ0) is 31.7. The second-order valence-corrected chi connectivity index (χ2v) is 12.3. The molecular formula is C35H44N2O7. The molecule has 44 heavy (non-hydrogen) atoms. The van der Waals surface area contributed by atoms with E-state index in [0.29, 0.717) is 25.0 Å². The summed E-state index contributed by atoms with van der Waals surface area (Å²) in [6, 6.07) is 23.1. The van der Waals surface area contributed by atoms with Crippen LogP contribution in [0.3, 0.4) is 0 Å². The zero-order valence-electron chi connectivity index (χ0n) is 25.6. The first-order valence-electron chi connectivity index (χ1n) is 15.1. The Bertz CT molecular complexity index is 1360. The summed E-state index contributed by atoms with van der Waals surface area (Å²) in [5.74, 6) is -0.395. The van der Waals surface area contributed by atoms with Gasteiger partial charge in [0.25, 0.3) is 0 Å². The van der Waals surface area contributed by atoms with E-state index in [4.69, 9.17) is 14.6 Å². The van der Waals surface area contributed by atoms with Crippen LogP contribution in [-0.4, -0.2) is 64.4 Å². The topological polar surface area (TPSA) is 137 Å². The third kappa shape index (κ3) is 9.54. The van der Waals surface area contributed by atoms with E-state index in [0.717, 1.165) is 22.3 Å². The number of aliphatic hydroxyl groups excluding tert-OH is 3. The molecule has 9 heteroatoms. The number of carbonyl (C=O) groups excluding carboxylic acids is 2. The fraction of sp³-hybridized carbons (Fsp3) is 0.429. The Morgan fingerprint density at radius 2 is 1.59 bits per heavy atom. The molecule has 9 nitrogen and oxygen atoms in total. The molecule has 0 radical (unpaired) electrons. The van der Waals surface area contributed by atoms with Crippen molar-refractivity contribution in [1.29, 1.82) is 0 Å². The van der Waals surface area contributed by atoms with E-state index in [1.807, 2.05) is 66.7 Å². The number of hydrogen-bond donors (Lipinski definition) is 5. The quantitative estimate of drug-likeness (QED) is 0.200. The largest absolute Gasteiger partial charge is 0.491 e. The molecular weight excluding hydrogens is 560 g/mol. The van der Waals surface area contributed by atoms with Gasteiger partial charge in [-0.05, 0) is 74.4 Å². The predicted molar refractivity (Wildman–Crippen MR) is 167 cm³/mol. The van der Waals surface area contributed by atoms with Gasteiger partial charge < -0.3 is 35.4 Å². The van der Waals surface area contributed by atoms with E-state index in [-0.39, 0.29) is 25.5 Å². The Labute approximate surface area is 259 Å². The Hall–Kier alpha value is -3.92. The van der Waals surface area contributed by atoms with E-state index in [9.17, 15) is 19.8 Å². The molecule has 0 aromatic heterocycles. The monoisotopic (exact) mass is 604 g/mol. The maximum Gasteiger partial charge on any atom is 0.407 e. The van der Waals surface area contributed by atoms with Crippen LogP contribution in [-0.2, 0) is 28.8 Å². The van der Waals surface area contributed by atoms with Crippen LogP contribution >= 0.6 is 0 Å². The minimum absolute atomic E-state index is 0.0480. The van der Waals surface area contributed by atoms with Crippen molar-refractivity contribution in [1.82, 2.24) is 10.6 Å². The second kappa shape index (κ2) is 15.2. The molecule has 0 saturated carbocycles. The van der Waals surface area contributed by atoms with Crippen LogP contribution in [0.5, 0.6) is 5.75 Å². The van der Waals surface area contributed by atoms with Crippen LogP contribution < -0.4 is 15.4 Å². The van der Waals surface area contributed by atoms with Crippen LogP contribution in [0.25, 0.3) is 0 Å². The third-order valence-electron chi connectivity index (χ3n) is 7.63. The van der Waals surface area contributed by atoms with Crippen LogP contribution in [0.1, 0.15) is 55.5 Å². The summed E-state index contributed by atoms with van der Waals surface area (Å²) in [6.07, 6.45) is -1.37. The number of nitrogens with one attached hydrogen (secondary N) is 2. The summed E-state index contributed by atoms with van der Waals surface area (Å²) in [7, 11) is 0. The molecule has 0 fully saturated rings. The maximum absolute atomic E-state index is 13.9. The molecule has 0 saturated heterocycles. The normalized spacial score (nSPS) is 18.0. The van der Waals surface area contributed by atoms with E-state index < -0.39 is 41.9 Å². The highest BCUT2D eigenvalue weighted by Crippen LogP contribution is 2.32. The molecule has 0 unspecified atom stereocenters. The van der Waals surface area contributed by atoms with Gasteiger partial charge in [-0.15, -0.1) is 0 Å². The number of rotatable bonds is 13. The molecule has 236 valence electrons. The van der Waals surface area contributed by atoms with E-state index in [1.54, 1.807) is 32.9 Å². The van der Waals surface area contributed by atoms with Crippen molar-refractivity contribution in [3.63, 3.8) is 0 Å². The fourth-order valence-corrected chi connectivity index (χ4v) is 5.54. The lowest BCUT2D eigenvalue weighted by molar-refractivity contribution is -0.127. The molecule has 0 spiro atoms. The molecule has 1 aliphatic rings. The highest BCUT2D eigenvalue weighted by atomic mass is 16.6. The number of alkyl carbamates (subject to hydrolysis) is 1. The third-order valence-corrected chi connectivity index (χ3v) is 7.63. The smallest absolute Gasteiger partial charge is 0.407 e. The van der Waals surface area contributed by atoms with Gasteiger partial charge in [-0.3, -0.25) is 4.79 Å². The van der Waals surface area contributed by atoms with Crippen LogP contribution in [0, 0.1) is 5.92 Å². The molecule has 0 aliphatic heterocycles. The number of aliphatic hydroxyl groups is 3. The molecule has 0 heterocycles. The zero-order valence-corrected chi connectivity index (χ0v) is 25.6. The number of ether oxygens (including phenoxy) is 2. The van der Waals surface area contributed by atoms with Gasteiger partial charge in [0.15, 0.2) is 0 Å². The minimum Gasteiger partial charge on any atom is -0.491 e. The molecule has 2 amide bonds. The molecule has 1 aliphatic carbocycles. The lowest BCUT2D eigenvalue weighted by Gasteiger charge is -2.29. The number of hydrogen-bond acceptors (Lipinski definition) is 7. The van der Waals surface area contributed by atoms with Gasteiger partial charge in [0.05, 0.1) is 30.9 Å². The first-order valence-corrected chi connectivity index (χ1v) is 15.1. The van der Waals surface area contributed by atoms with Crippen molar-refractivity contribution in [2.75, 3.05) is 13.2 Å². The SMILES string of the molecule is CC(C)(C)OC(=O)N[C@@H](Cc1ccccc1)[C@@H](O)C[C@@H](Cc1ccc(OCCO)cc1)C(=O)N[C@H]1c2ccccc2C[C@H]1O. The van der Waals surface area contributed by atoms with Gasteiger partial charge in [0.1, 0.15) is 18.0 Å². The second-order valence-electron chi connectivity index (χ2n) is 12.3. The van der Waals surface area contributed by atoms with E-state index in [1.165, 1.54) is 0 Å². The highest BCUT2D eigenvalue weighted by molar-refractivity contribution is 5.80. The van der Waals surface area contributed by atoms with Crippen LogP contribution in [0.4, 0.5) is 4.79 Å². The van der Waals surface area contributed by atoms with Crippen molar-refractivity contribution >= 4 is 12.0 Å². The Morgan fingerprint density at radius 3 is 2.27 bits per heavy atom. The number of amides is 2. The first kappa shape index (κ1) is 33.0. The van der Waals surface area contributed by atoms with Crippen LogP contribution in [0.15, 0.2) is 78.9 Å². The average molecular weight is 605 g/mol. The van der Waals surface area contributed by atoms with Crippen molar-refractivity contribution in [3.8, 4) is 5.75 Å². The lowest BCUT2D eigenvalue weighted by atomic mass is 9.88. The molecule has 5 N–H and O–H groups in total. The summed E-state index contributed by atoms with van der Waals surface area (Å²) in [5.41, 5.74) is 2.91. The molecule has 0 bridgehead atoms. The fourth-order valence-electron chi connectivity index (χ4n) is 5.54.